The zero-order valence-corrected chi connectivity index (χ0v) is 15.6. The number of amides is 1. The molecule has 4 nitrogen and oxygen atoms in total. The molecule has 150 valence electrons. The molecule has 1 atom stereocenters. The van der Waals surface area contributed by atoms with E-state index in [-0.39, 0.29) is 23.6 Å². The van der Waals surface area contributed by atoms with Crippen LogP contribution in [0.2, 0.25) is 0 Å². The molecule has 2 aliphatic carbocycles. The predicted octanol–water partition coefficient (Wildman–Crippen LogP) is 3.75. The van der Waals surface area contributed by atoms with Crippen LogP contribution in [-0.4, -0.2) is 44.9 Å². The van der Waals surface area contributed by atoms with Gasteiger partial charge in [0.1, 0.15) is 0 Å². The Morgan fingerprint density at radius 1 is 1.07 bits per heavy atom. The van der Waals surface area contributed by atoms with Crippen molar-refractivity contribution in [3.63, 3.8) is 0 Å². The first-order chi connectivity index (χ1) is 12.4. The Hall–Kier alpha value is -1.60. The lowest BCUT2D eigenvalue weighted by atomic mass is 9.82. The second kappa shape index (κ2) is 6.78. The summed E-state index contributed by atoms with van der Waals surface area (Å²) in [6, 6.07) is 5.25. The van der Waals surface area contributed by atoms with E-state index in [9.17, 15) is 28.2 Å². The lowest BCUT2D eigenvalue weighted by Crippen LogP contribution is -2.46. The van der Waals surface area contributed by atoms with Crippen LogP contribution in [0.3, 0.4) is 0 Å². The van der Waals surface area contributed by atoms with Gasteiger partial charge in [0.05, 0.1) is 5.60 Å². The molecule has 1 aromatic rings. The van der Waals surface area contributed by atoms with Crippen LogP contribution < -0.4 is 0 Å². The van der Waals surface area contributed by atoms with Gasteiger partial charge >= 0.3 is 6.18 Å². The zero-order chi connectivity index (χ0) is 20.0. The average Bonchev–Trinajstić information content (AvgIpc) is 3.40. The second-order valence-corrected chi connectivity index (χ2v) is 8.32. The number of halogens is 3. The van der Waals surface area contributed by atoms with Gasteiger partial charge in [0.15, 0.2) is 5.60 Å². The molecule has 27 heavy (non-hydrogen) atoms. The molecule has 3 rings (SSSR count). The van der Waals surface area contributed by atoms with E-state index in [1.807, 2.05) is 4.90 Å². The number of carbonyl (C=O) groups is 1. The van der Waals surface area contributed by atoms with Crippen molar-refractivity contribution in [3.05, 3.63) is 35.4 Å². The first kappa shape index (κ1) is 20.1. The van der Waals surface area contributed by atoms with Crippen molar-refractivity contribution < 1.29 is 28.2 Å². The highest BCUT2D eigenvalue weighted by Crippen LogP contribution is 2.40. The summed E-state index contributed by atoms with van der Waals surface area (Å²) >= 11 is 0. The number of hydrogen-bond donors (Lipinski definition) is 2. The molecule has 2 fully saturated rings. The van der Waals surface area contributed by atoms with Gasteiger partial charge in [-0.15, -0.1) is 0 Å². The molecule has 0 saturated heterocycles. The SMILES string of the molecule is CC1(O)CCC(N(C(=O)c2ccc([C@](C)(O)C(F)(F)F)cc2)C2CC2)CC1. The molecule has 0 unspecified atom stereocenters. The molecule has 7 heteroatoms. The Kier molecular flexibility index (Phi) is 5.06. The van der Waals surface area contributed by atoms with Crippen molar-refractivity contribution in [3.8, 4) is 0 Å². The Bertz CT molecular complexity index is 683. The quantitative estimate of drug-likeness (QED) is 0.830. The molecule has 1 aromatic carbocycles. The van der Waals surface area contributed by atoms with Crippen LogP contribution in [0.1, 0.15) is 68.3 Å². The fourth-order valence-electron chi connectivity index (χ4n) is 3.74. The third-order valence-electron chi connectivity index (χ3n) is 5.85. The third-order valence-corrected chi connectivity index (χ3v) is 5.85. The second-order valence-electron chi connectivity index (χ2n) is 8.32. The van der Waals surface area contributed by atoms with Crippen molar-refractivity contribution >= 4 is 5.91 Å². The van der Waals surface area contributed by atoms with Gasteiger partial charge in [-0.05, 0) is 70.1 Å². The maximum Gasteiger partial charge on any atom is 0.421 e. The Morgan fingerprint density at radius 2 is 1.56 bits per heavy atom. The van der Waals surface area contributed by atoms with Crippen molar-refractivity contribution in [1.82, 2.24) is 4.90 Å². The molecule has 0 radical (unpaired) electrons. The van der Waals surface area contributed by atoms with Gasteiger partial charge in [0.25, 0.3) is 5.91 Å². The van der Waals surface area contributed by atoms with Crippen molar-refractivity contribution in [2.75, 3.05) is 0 Å². The summed E-state index contributed by atoms with van der Waals surface area (Å²) < 4.78 is 38.9. The van der Waals surface area contributed by atoms with Gasteiger partial charge in [-0.25, -0.2) is 0 Å². The normalized spacial score (nSPS) is 28.5. The van der Waals surface area contributed by atoms with Gasteiger partial charge < -0.3 is 15.1 Å². The lowest BCUT2D eigenvalue weighted by Gasteiger charge is -2.39. The monoisotopic (exact) mass is 385 g/mol. The van der Waals surface area contributed by atoms with Crippen LogP contribution in [0, 0.1) is 0 Å². The first-order valence-electron chi connectivity index (χ1n) is 9.37. The third kappa shape index (κ3) is 4.14. The Morgan fingerprint density at radius 3 is 2.00 bits per heavy atom. The van der Waals surface area contributed by atoms with Gasteiger partial charge in [0.2, 0.25) is 0 Å². The molecule has 1 amide bonds. The lowest BCUT2D eigenvalue weighted by molar-refractivity contribution is -0.258. The summed E-state index contributed by atoms with van der Waals surface area (Å²) in [4.78, 5) is 14.9. The number of hydrogen-bond acceptors (Lipinski definition) is 3. The highest BCUT2D eigenvalue weighted by atomic mass is 19.4. The van der Waals surface area contributed by atoms with Gasteiger partial charge in [-0.2, -0.15) is 13.2 Å². The first-order valence-corrected chi connectivity index (χ1v) is 9.37. The summed E-state index contributed by atoms with van der Waals surface area (Å²) in [7, 11) is 0. The largest absolute Gasteiger partial charge is 0.421 e. The minimum atomic E-state index is -4.79. The molecule has 2 aliphatic rings. The molecule has 0 aliphatic heterocycles. The minimum Gasteiger partial charge on any atom is -0.390 e. The summed E-state index contributed by atoms with van der Waals surface area (Å²) in [5.74, 6) is -0.192. The topological polar surface area (TPSA) is 60.8 Å². The maximum absolute atomic E-state index is 13.0. The van der Waals surface area contributed by atoms with Crippen molar-refractivity contribution in [2.24, 2.45) is 0 Å². The fraction of sp³-hybridized carbons (Fsp3) is 0.650. The van der Waals surface area contributed by atoms with E-state index in [1.165, 1.54) is 12.1 Å². The van der Waals surface area contributed by atoms with Gasteiger partial charge in [-0.1, -0.05) is 12.1 Å². The standard InChI is InChI=1S/C20H26F3NO3/c1-18(26)11-9-16(10-12-18)24(15-7-8-15)17(25)13-3-5-14(6-4-13)19(2,27)20(21,22)23/h3-6,15-16,26-27H,7-12H2,1-2H3/t16?,18?,19-/m0/s1. The molecular weight excluding hydrogens is 359 g/mol. The number of alkyl halides is 3. The molecule has 0 heterocycles. The van der Waals surface area contributed by atoms with Crippen LogP contribution in [0.15, 0.2) is 24.3 Å². The maximum atomic E-state index is 13.0. The molecule has 0 bridgehead atoms. The van der Waals surface area contributed by atoms with Crippen molar-refractivity contribution in [1.29, 1.82) is 0 Å². The molecule has 2 N–H and O–H groups in total. The molecular formula is C20H26F3NO3. The highest BCUT2D eigenvalue weighted by Gasteiger charge is 2.51. The summed E-state index contributed by atoms with van der Waals surface area (Å²) in [6.45, 7) is 2.51. The molecule has 0 aromatic heterocycles. The van der Waals surface area contributed by atoms with Gasteiger partial charge in [-0.3, -0.25) is 4.79 Å². The average molecular weight is 385 g/mol. The number of benzene rings is 1. The Labute approximate surface area is 157 Å². The molecule has 0 spiro atoms. The van der Waals surface area contributed by atoms with Crippen LogP contribution >= 0.6 is 0 Å². The van der Waals surface area contributed by atoms with E-state index in [1.54, 1.807) is 6.92 Å². The molecule has 2 saturated carbocycles. The van der Waals surface area contributed by atoms with E-state index in [4.69, 9.17) is 0 Å². The highest BCUT2D eigenvalue weighted by molar-refractivity contribution is 5.95. The minimum absolute atomic E-state index is 0.0446. The number of carbonyl (C=O) groups excluding carboxylic acids is 1. The van der Waals surface area contributed by atoms with E-state index in [2.05, 4.69) is 0 Å². The Balaban J connectivity index is 1.78. The van der Waals surface area contributed by atoms with Crippen molar-refractivity contribution in [2.45, 2.75) is 81.8 Å². The van der Waals surface area contributed by atoms with E-state index < -0.39 is 17.4 Å². The van der Waals surface area contributed by atoms with Gasteiger partial charge in [0, 0.05) is 17.6 Å². The van der Waals surface area contributed by atoms with Crippen LogP contribution in [-0.2, 0) is 5.60 Å². The van der Waals surface area contributed by atoms with E-state index in [0.29, 0.717) is 25.3 Å². The van der Waals surface area contributed by atoms with Crippen LogP contribution in [0.4, 0.5) is 13.2 Å². The number of rotatable bonds is 4. The zero-order valence-electron chi connectivity index (χ0n) is 15.6. The predicted molar refractivity (Wildman–Crippen MR) is 94.1 cm³/mol. The van der Waals surface area contributed by atoms with Crippen LogP contribution in [0.25, 0.3) is 0 Å². The smallest absolute Gasteiger partial charge is 0.390 e. The number of nitrogens with zero attached hydrogens (tertiary/aromatic N) is 1. The van der Waals surface area contributed by atoms with E-state index in [0.717, 1.165) is 37.8 Å². The van der Waals surface area contributed by atoms with Crippen LogP contribution in [0.5, 0.6) is 0 Å². The fourth-order valence-corrected chi connectivity index (χ4v) is 3.74. The summed E-state index contributed by atoms with van der Waals surface area (Å²) in [5.41, 5.74) is -3.63. The summed E-state index contributed by atoms with van der Waals surface area (Å²) in [5, 5.41) is 19.9. The number of aliphatic hydroxyl groups is 2. The van der Waals surface area contributed by atoms with E-state index >= 15 is 0 Å². The summed E-state index contributed by atoms with van der Waals surface area (Å²) in [6.07, 6.45) is -0.244.